The normalized spacial score (nSPS) is 12.9. The van der Waals surface area contributed by atoms with E-state index in [9.17, 15) is 29.5 Å². The second-order valence-corrected chi connectivity index (χ2v) is 6.21. The van der Waals surface area contributed by atoms with Gasteiger partial charge in [0.15, 0.2) is 0 Å². The Bertz CT molecular complexity index is 831. The standard InChI is InChI=1S/C19H21FN2O6/c1-12-9-16(22(26)27)15(20)10-14(12)18(24)17(23)7-8-21-19(25)28-11-13-5-3-2-4-6-13/h2-6,9-10,17-18,23-24H,7-8,11H2,1H3,(H,21,25). The Kier molecular flexibility index (Phi) is 7.42. The summed E-state index contributed by atoms with van der Waals surface area (Å²) in [5.74, 6) is -1.10. The highest BCUT2D eigenvalue weighted by atomic mass is 19.1. The maximum atomic E-state index is 13.8. The van der Waals surface area contributed by atoms with Crippen LogP contribution in [0.5, 0.6) is 0 Å². The van der Waals surface area contributed by atoms with Gasteiger partial charge in [0.1, 0.15) is 12.7 Å². The van der Waals surface area contributed by atoms with Crippen LogP contribution in [0.3, 0.4) is 0 Å². The maximum absolute atomic E-state index is 13.8. The molecule has 9 heteroatoms. The molecule has 0 spiro atoms. The van der Waals surface area contributed by atoms with Gasteiger partial charge in [-0.15, -0.1) is 0 Å². The molecule has 2 atom stereocenters. The summed E-state index contributed by atoms with van der Waals surface area (Å²) in [6, 6.07) is 10.9. The molecule has 0 saturated heterocycles. The molecule has 2 aromatic rings. The van der Waals surface area contributed by atoms with Crippen LogP contribution in [0.15, 0.2) is 42.5 Å². The van der Waals surface area contributed by atoms with Crippen LogP contribution >= 0.6 is 0 Å². The molecule has 2 rings (SSSR count). The number of carbonyl (C=O) groups excluding carboxylic acids is 1. The topological polar surface area (TPSA) is 122 Å². The molecule has 0 heterocycles. The summed E-state index contributed by atoms with van der Waals surface area (Å²) in [5, 5.41) is 33.5. The number of nitrogens with zero attached hydrogens (tertiary/aromatic N) is 1. The lowest BCUT2D eigenvalue weighted by molar-refractivity contribution is -0.387. The molecule has 0 aliphatic heterocycles. The molecule has 0 radical (unpaired) electrons. The highest BCUT2D eigenvalue weighted by Gasteiger charge is 2.24. The fourth-order valence-corrected chi connectivity index (χ4v) is 2.60. The van der Waals surface area contributed by atoms with Crippen molar-refractivity contribution in [1.82, 2.24) is 5.32 Å². The average Bonchev–Trinajstić information content (AvgIpc) is 2.67. The summed E-state index contributed by atoms with van der Waals surface area (Å²) >= 11 is 0. The van der Waals surface area contributed by atoms with Crippen LogP contribution in [0, 0.1) is 22.9 Å². The number of benzene rings is 2. The number of nitro groups is 1. The van der Waals surface area contributed by atoms with E-state index in [-0.39, 0.29) is 30.7 Å². The Balaban J connectivity index is 1.84. The third-order valence-corrected chi connectivity index (χ3v) is 4.14. The highest BCUT2D eigenvalue weighted by molar-refractivity contribution is 5.67. The lowest BCUT2D eigenvalue weighted by Gasteiger charge is -2.20. The van der Waals surface area contributed by atoms with Crippen LogP contribution < -0.4 is 5.32 Å². The lowest BCUT2D eigenvalue weighted by Crippen LogP contribution is -2.30. The minimum Gasteiger partial charge on any atom is -0.445 e. The van der Waals surface area contributed by atoms with Gasteiger partial charge in [0.2, 0.25) is 5.82 Å². The Morgan fingerprint density at radius 3 is 2.61 bits per heavy atom. The molecule has 2 aromatic carbocycles. The first-order valence-electron chi connectivity index (χ1n) is 8.54. The molecule has 3 N–H and O–H groups in total. The van der Waals surface area contributed by atoms with E-state index in [0.29, 0.717) is 0 Å². The van der Waals surface area contributed by atoms with Crippen LogP contribution in [0.1, 0.15) is 29.2 Å². The van der Waals surface area contributed by atoms with Gasteiger partial charge in [-0.05, 0) is 36.1 Å². The molecule has 28 heavy (non-hydrogen) atoms. The van der Waals surface area contributed by atoms with E-state index in [1.54, 1.807) is 12.1 Å². The summed E-state index contributed by atoms with van der Waals surface area (Å²) in [7, 11) is 0. The van der Waals surface area contributed by atoms with Crippen LogP contribution in [0.4, 0.5) is 14.9 Å². The van der Waals surface area contributed by atoms with E-state index in [2.05, 4.69) is 5.32 Å². The number of carbonyl (C=O) groups is 1. The highest BCUT2D eigenvalue weighted by Crippen LogP contribution is 2.28. The molecule has 0 aliphatic rings. The number of rotatable bonds is 8. The van der Waals surface area contributed by atoms with Gasteiger partial charge in [0.25, 0.3) is 0 Å². The van der Waals surface area contributed by atoms with Crippen molar-refractivity contribution < 1.29 is 29.1 Å². The van der Waals surface area contributed by atoms with Gasteiger partial charge < -0.3 is 20.3 Å². The first kappa shape index (κ1) is 21.3. The van der Waals surface area contributed by atoms with Gasteiger partial charge in [0, 0.05) is 12.6 Å². The van der Waals surface area contributed by atoms with E-state index >= 15 is 0 Å². The number of hydrogen-bond acceptors (Lipinski definition) is 6. The van der Waals surface area contributed by atoms with E-state index in [0.717, 1.165) is 17.7 Å². The number of alkyl carbamates (subject to hydrolysis) is 1. The van der Waals surface area contributed by atoms with Crippen molar-refractivity contribution >= 4 is 11.8 Å². The molecule has 0 fully saturated rings. The summed E-state index contributed by atoms with van der Waals surface area (Å²) in [6.45, 7) is 1.58. The molecular formula is C19H21FN2O6. The minimum atomic E-state index is -1.46. The molecule has 150 valence electrons. The first-order chi connectivity index (χ1) is 13.3. The second-order valence-electron chi connectivity index (χ2n) is 6.21. The number of hydrogen-bond donors (Lipinski definition) is 3. The van der Waals surface area contributed by atoms with Crippen molar-refractivity contribution in [2.45, 2.75) is 32.2 Å². The summed E-state index contributed by atoms with van der Waals surface area (Å²) in [5.41, 5.74) is 0.437. The zero-order chi connectivity index (χ0) is 20.7. The van der Waals surface area contributed by atoms with Crippen molar-refractivity contribution in [3.63, 3.8) is 0 Å². The third-order valence-electron chi connectivity index (χ3n) is 4.14. The number of ether oxygens (including phenoxy) is 1. The zero-order valence-electron chi connectivity index (χ0n) is 15.2. The number of halogens is 1. The molecule has 1 amide bonds. The Hall–Kier alpha value is -3.04. The Morgan fingerprint density at radius 2 is 1.96 bits per heavy atom. The molecule has 0 saturated carbocycles. The second kappa shape index (κ2) is 9.77. The minimum absolute atomic E-state index is 0.0142. The van der Waals surface area contributed by atoms with Gasteiger partial charge >= 0.3 is 11.8 Å². The smallest absolute Gasteiger partial charge is 0.407 e. The number of aryl methyl sites for hydroxylation is 1. The quantitative estimate of drug-likeness (QED) is 0.469. The number of amides is 1. The molecule has 2 unspecified atom stereocenters. The largest absolute Gasteiger partial charge is 0.445 e. The molecular weight excluding hydrogens is 371 g/mol. The fraction of sp³-hybridized carbons (Fsp3) is 0.316. The van der Waals surface area contributed by atoms with Gasteiger partial charge in [-0.1, -0.05) is 30.3 Å². The monoisotopic (exact) mass is 392 g/mol. The number of aliphatic hydroxyl groups excluding tert-OH is 2. The van der Waals surface area contributed by atoms with E-state index < -0.39 is 34.7 Å². The number of nitrogens with one attached hydrogen (secondary N) is 1. The first-order valence-corrected chi connectivity index (χ1v) is 8.54. The summed E-state index contributed by atoms with van der Waals surface area (Å²) in [6.07, 6.45) is -3.48. The zero-order valence-corrected chi connectivity index (χ0v) is 15.2. The van der Waals surface area contributed by atoms with E-state index in [1.807, 2.05) is 18.2 Å². The van der Waals surface area contributed by atoms with Crippen molar-refractivity contribution in [3.8, 4) is 0 Å². The van der Waals surface area contributed by atoms with Gasteiger partial charge in [0.05, 0.1) is 11.0 Å². The van der Waals surface area contributed by atoms with Crippen LogP contribution in [0.25, 0.3) is 0 Å². The summed E-state index contributed by atoms with van der Waals surface area (Å²) < 4.78 is 18.8. The predicted octanol–water partition coefficient (Wildman–Crippen LogP) is 2.75. The van der Waals surface area contributed by atoms with Gasteiger partial charge in [-0.3, -0.25) is 10.1 Å². The average molecular weight is 392 g/mol. The van der Waals surface area contributed by atoms with Crippen LogP contribution in [-0.2, 0) is 11.3 Å². The van der Waals surface area contributed by atoms with Gasteiger partial charge in [-0.2, -0.15) is 4.39 Å². The molecule has 0 bridgehead atoms. The number of aliphatic hydroxyl groups is 2. The molecule has 8 nitrogen and oxygen atoms in total. The molecule has 0 aromatic heterocycles. The van der Waals surface area contributed by atoms with Crippen LogP contribution in [0.2, 0.25) is 0 Å². The maximum Gasteiger partial charge on any atom is 0.407 e. The molecule has 0 aliphatic carbocycles. The predicted molar refractivity (Wildman–Crippen MR) is 98.0 cm³/mol. The Labute approximate surface area is 160 Å². The van der Waals surface area contributed by atoms with Crippen molar-refractivity contribution in [1.29, 1.82) is 0 Å². The fourth-order valence-electron chi connectivity index (χ4n) is 2.60. The Morgan fingerprint density at radius 1 is 1.29 bits per heavy atom. The van der Waals surface area contributed by atoms with E-state index in [1.165, 1.54) is 6.92 Å². The van der Waals surface area contributed by atoms with Crippen molar-refractivity contribution in [3.05, 3.63) is 75.1 Å². The SMILES string of the molecule is Cc1cc([N+](=O)[O-])c(F)cc1C(O)C(O)CCNC(=O)OCc1ccccc1. The van der Waals surface area contributed by atoms with Gasteiger partial charge in [-0.25, -0.2) is 4.79 Å². The van der Waals surface area contributed by atoms with Crippen molar-refractivity contribution in [2.75, 3.05) is 6.54 Å². The van der Waals surface area contributed by atoms with Crippen LogP contribution in [-0.4, -0.2) is 33.9 Å². The van der Waals surface area contributed by atoms with Crippen molar-refractivity contribution in [2.24, 2.45) is 0 Å². The number of nitro benzene ring substituents is 1. The summed E-state index contributed by atoms with van der Waals surface area (Å²) in [4.78, 5) is 21.5. The van der Waals surface area contributed by atoms with E-state index in [4.69, 9.17) is 4.74 Å². The lowest BCUT2D eigenvalue weighted by atomic mass is 9.97. The third kappa shape index (κ3) is 5.73.